The number of aryl methyl sites for hydroxylation is 1. The highest BCUT2D eigenvalue weighted by Gasteiger charge is 2.31. The van der Waals surface area contributed by atoms with Crippen molar-refractivity contribution >= 4 is 28.8 Å². The Morgan fingerprint density at radius 3 is 2.79 bits per heavy atom. The second kappa shape index (κ2) is 6.35. The van der Waals surface area contributed by atoms with E-state index in [2.05, 4.69) is 5.32 Å². The molecule has 7 nitrogen and oxygen atoms in total. The Morgan fingerprint density at radius 1 is 1.33 bits per heavy atom. The van der Waals surface area contributed by atoms with Gasteiger partial charge in [0.15, 0.2) is 6.10 Å². The Labute approximate surface area is 139 Å². The molecule has 1 saturated heterocycles. The van der Waals surface area contributed by atoms with Gasteiger partial charge in [0, 0.05) is 24.3 Å². The van der Waals surface area contributed by atoms with Gasteiger partial charge in [0.2, 0.25) is 0 Å². The molecule has 2 heterocycles. The van der Waals surface area contributed by atoms with Gasteiger partial charge in [-0.3, -0.25) is 14.5 Å². The van der Waals surface area contributed by atoms with Crippen molar-refractivity contribution in [2.45, 2.75) is 26.5 Å². The molecule has 0 spiro atoms. The van der Waals surface area contributed by atoms with E-state index in [0.29, 0.717) is 13.1 Å². The number of ether oxygens (including phenoxy) is 1. The first-order chi connectivity index (χ1) is 11.5. The molecule has 0 radical (unpaired) electrons. The summed E-state index contributed by atoms with van der Waals surface area (Å²) in [6, 6.07) is 9.29. The number of urea groups is 1. The van der Waals surface area contributed by atoms with Crippen LogP contribution in [-0.4, -0.2) is 46.6 Å². The maximum Gasteiger partial charge on any atom is 0.326 e. The zero-order valence-electron chi connectivity index (χ0n) is 13.6. The summed E-state index contributed by atoms with van der Waals surface area (Å²) < 4.78 is 7.06. The average molecular weight is 329 g/mol. The predicted octanol–water partition coefficient (Wildman–Crippen LogP) is 1.43. The normalized spacial score (nSPS) is 15.4. The van der Waals surface area contributed by atoms with Crippen LogP contribution in [0.5, 0.6) is 0 Å². The molecule has 2 aromatic rings. The van der Waals surface area contributed by atoms with E-state index < -0.39 is 24.0 Å². The summed E-state index contributed by atoms with van der Waals surface area (Å²) in [6.45, 7) is 4.12. The number of carbonyl (C=O) groups excluding carboxylic acids is 3. The van der Waals surface area contributed by atoms with Gasteiger partial charge in [-0.05, 0) is 31.4 Å². The van der Waals surface area contributed by atoms with Crippen LogP contribution in [0.1, 0.15) is 12.6 Å². The van der Waals surface area contributed by atoms with Crippen LogP contribution in [0.25, 0.3) is 10.9 Å². The van der Waals surface area contributed by atoms with E-state index in [0.717, 1.165) is 21.5 Å². The Balaban J connectivity index is 1.67. The average Bonchev–Trinajstić information content (AvgIpc) is 3.10. The van der Waals surface area contributed by atoms with E-state index in [1.54, 1.807) is 0 Å². The zero-order chi connectivity index (χ0) is 17.3. The topological polar surface area (TPSA) is 80.6 Å². The van der Waals surface area contributed by atoms with Crippen molar-refractivity contribution in [3.8, 4) is 0 Å². The number of para-hydroxylation sites is 1. The fraction of sp³-hybridized carbons (Fsp3) is 0.353. The molecule has 1 aliphatic heterocycles. The molecule has 3 rings (SSSR count). The standard InChI is InChI=1S/C17H19N3O4/c1-11-9-13-5-3-4-6-14(13)20(11)10-15(21)24-12(2)16(22)19-8-7-18-17(19)23/h3-6,9,12H,7-8,10H2,1-2H3,(H,18,23)/t12-/m1/s1. The maximum absolute atomic E-state index is 12.2. The van der Waals surface area contributed by atoms with Crippen LogP contribution in [0.4, 0.5) is 4.79 Å². The lowest BCUT2D eigenvalue weighted by Gasteiger charge is -2.18. The molecule has 126 valence electrons. The largest absolute Gasteiger partial charge is 0.451 e. The zero-order valence-corrected chi connectivity index (χ0v) is 13.6. The maximum atomic E-state index is 12.2. The molecule has 0 saturated carbocycles. The van der Waals surface area contributed by atoms with Gasteiger partial charge in [-0.15, -0.1) is 0 Å². The lowest BCUT2D eigenvalue weighted by molar-refractivity contribution is -0.158. The fourth-order valence-electron chi connectivity index (χ4n) is 2.87. The van der Waals surface area contributed by atoms with Gasteiger partial charge in [-0.25, -0.2) is 4.79 Å². The predicted molar refractivity (Wildman–Crippen MR) is 87.3 cm³/mol. The summed E-state index contributed by atoms with van der Waals surface area (Å²) in [5.41, 5.74) is 1.87. The Hall–Kier alpha value is -2.83. The lowest BCUT2D eigenvalue weighted by Crippen LogP contribution is -2.42. The molecule has 1 fully saturated rings. The number of carbonyl (C=O) groups is 3. The lowest BCUT2D eigenvalue weighted by atomic mass is 10.2. The monoisotopic (exact) mass is 329 g/mol. The van der Waals surface area contributed by atoms with Crippen molar-refractivity contribution in [1.82, 2.24) is 14.8 Å². The van der Waals surface area contributed by atoms with Gasteiger partial charge in [0.25, 0.3) is 5.91 Å². The van der Waals surface area contributed by atoms with Gasteiger partial charge in [0.05, 0.1) is 0 Å². The summed E-state index contributed by atoms with van der Waals surface area (Å²) in [5.74, 6) is -1.02. The highest BCUT2D eigenvalue weighted by Crippen LogP contribution is 2.19. The molecule has 0 unspecified atom stereocenters. The van der Waals surface area contributed by atoms with Crippen LogP contribution in [-0.2, 0) is 20.9 Å². The Kier molecular flexibility index (Phi) is 4.24. The number of hydrogen-bond acceptors (Lipinski definition) is 4. The summed E-state index contributed by atoms with van der Waals surface area (Å²) in [4.78, 5) is 36.9. The quantitative estimate of drug-likeness (QED) is 0.861. The molecule has 1 atom stereocenters. The van der Waals surface area contributed by atoms with Gasteiger partial charge in [-0.2, -0.15) is 0 Å². The second-order valence-electron chi connectivity index (χ2n) is 5.78. The number of benzene rings is 1. The van der Waals surface area contributed by atoms with Crippen molar-refractivity contribution in [2.24, 2.45) is 0 Å². The minimum absolute atomic E-state index is 0.0170. The van der Waals surface area contributed by atoms with E-state index in [9.17, 15) is 14.4 Å². The number of amides is 3. The second-order valence-corrected chi connectivity index (χ2v) is 5.78. The number of aromatic nitrogens is 1. The molecule has 24 heavy (non-hydrogen) atoms. The van der Waals surface area contributed by atoms with Crippen LogP contribution < -0.4 is 5.32 Å². The first-order valence-corrected chi connectivity index (χ1v) is 7.81. The van der Waals surface area contributed by atoms with E-state index in [-0.39, 0.29) is 6.54 Å². The third kappa shape index (κ3) is 2.97. The highest BCUT2D eigenvalue weighted by atomic mass is 16.5. The van der Waals surface area contributed by atoms with E-state index in [1.165, 1.54) is 6.92 Å². The van der Waals surface area contributed by atoms with E-state index >= 15 is 0 Å². The number of nitrogens with zero attached hydrogens (tertiary/aromatic N) is 2. The molecule has 3 amide bonds. The number of esters is 1. The van der Waals surface area contributed by atoms with Crippen LogP contribution in [0.3, 0.4) is 0 Å². The Morgan fingerprint density at radius 2 is 2.08 bits per heavy atom. The van der Waals surface area contributed by atoms with Crippen molar-refractivity contribution in [2.75, 3.05) is 13.1 Å². The molecule has 1 N–H and O–H groups in total. The van der Waals surface area contributed by atoms with Gasteiger partial charge >= 0.3 is 12.0 Å². The minimum atomic E-state index is -0.997. The summed E-state index contributed by atoms with van der Waals surface area (Å²) >= 11 is 0. The third-order valence-electron chi connectivity index (χ3n) is 4.08. The number of hydrogen-bond donors (Lipinski definition) is 1. The Bertz CT molecular complexity index is 811. The number of fused-ring (bicyclic) bond motifs is 1. The van der Waals surface area contributed by atoms with Gasteiger partial charge in [-0.1, -0.05) is 18.2 Å². The molecule has 0 aliphatic carbocycles. The molecular formula is C17H19N3O4. The molecule has 1 aliphatic rings. The molecule has 0 bridgehead atoms. The summed E-state index contributed by atoms with van der Waals surface area (Å²) in [7, 11) is 0. The fourth-order valence-corrected chi connectivity index (χ4v) is 2.87. The first-order valence-electron chi connectivity index (χ1n) is 7.81. The number of imide groups is 1. The first kappa shape index (κ1) is 16.0. The number of rotatable bonds is 4. The van der Waals surface area contributed by atoms with Gasteiger partial charge < -0.3 is 14.6 Å². The number of nitrogens with one attached hydrogen (secondary N) is 1. The van der Waals surface area contributed by atoms with Crippen LogP contribution in [0, 0.1) is 6.92 Å². The van der Waals surface area contributed by atoms with Gasteiger partial charge in [0.1, 0.15) is 6.54 Å². The van der Waals surface area contributed by atoms with Crippen LogP contribution in [0.2, 0.25) is 0 Å². The molecular weight excluding hydrogens is 310 g/mol. The van der Waals surface area contributed by atoms with Crippen molar-refractivity contribution in [3.63, 3.8) is 0 Å². The SMILES string of the molecule is Cc1cc2ccccc2n1CC(=O)O[C@H](C)C(=O)N1CCNC1=O. The minimum Gasteiger partial charge on any atom is -0.451 e. The molecule has 1 aromatic carbocycles. The molecule has 7 heteroatoms. The van der Waals surface area contributed by atoms with Crippen molar-refractivity contribution < 1.29 is 19.1 Å². The van der Waals surface area contributed by atoms with E-state index in [4.69, 9.17) is 4.74 Å². The summed E-state index contributed by atoms with van der Waals surface area (Å²) in [5, 5.41) is 3.59. The highest BCUT2D eigenvalue weighted by molar-refractivity contribution is 5.98. The smallest absolute Gasteiger partial charge is 0.326 e. The van der Waals surface area contributed by atoms with Crippen LogP contribution >= 0.6 is 0 Å². The van der Waals surface area contributed by atoms with Crippen molar-refractivity contribution in [1.29, 1.82) is 0 Å². The van der Waals surface area contributed by atoms with Crippen molar-refractivity contribution in [3.05, 3.63) is 36.0 Å². The summed E-state index contributed by atoms with van der Waals surface area (Å²) in [6.07, 6.45) is -0.997. The third-order valence-corrected chi connectivity index (χ3v) is 4.08. The van der Waals surface area contributed by atoms with E-state index in [1.807, 2.05) is 41.8 Å². The van der Waals surface area contributed by atoms with Crippen LogP contribution in [0.15, 0.2) is 30.3 Å². The molecule has 1 aromatic heterocycles.